The summed E-state index contributed by atoms with van der Waals surface area (Å²) in [6.07, 6.45) is 13.6. The average Bonchev–Trinajstić information content (AvgIpc) is 3.95. The highest BCUT2D eigenvalue weighted by molar-refractivity contribution is 6.02. The van der Waals surface area contributed by atoms with E-state index in [1.54, 1.807) is 0 Å². The lowest BCUT2D eigenvalue weighted by Crippen LogP contribution is -2.54. The Morgan fingerprint density at radius 1 is 0.721 bits per heavy atom. The summed E-state index contributed by atoms with van der Waals surface area (Å²) in [5.74, 6) is 1.77. The van der Waals surface area contributed by atoms with Crippen molar-refractivity contribution in [1.82, 2.24) is 39.8 Å². The van der Waals surface area contributed by atoms with E-state index in [9.17, 15) is 14.4 Å². The van der Waals surface area contributed by atoms with E-state index in [0.29, 0.717) is 36.8 Å². The summed E-state index contributed by atoms with van der Waals surface area (Å²) in [6, 6.07) is 22.7. The topological polar surface area (TPSA) is 140 Å². The van der Waals surface area contributed by atoms with Gasteiger partial charge in [-0.25, -0.2) is 9.59 Å². The van der Waals surface area contributed by atoms with Gasteiger partial charge >= 0.3 is 6.03 Å². The van der Waals surface area contributed by atoms with E-state index >= 15 is 0 Å². The van der Waals surface area contributed by atoms with Crippen LogP contribution in [0.5, 0.6) is 0 Å². The third-order valence-corrected chi connectivity index (χ3v) is 14.2. The number of piperidine rings is 2. The molecule has 4 N–H and O–H groups in total. The van der Waals surface area contributed by atoms with Crippen molar-refractivity contribution in [2.45, 2.75) is 62.4 Å². The normalized spacial score (nSPS) is 21.6. The first-order valence-electron chi connectivity index (χ1n) is 24.2. The minimum Gasteiger partial charge on any atom is -0.361 e. The number of urea groups is 1. The number of hydrogen-bond donors (Lipinski definition) is 4. The van der Waals surface area contributed by atoms with E-state index in [0.717, 1.165) is 83.3 Å². The number of carbonyl (C=O) groups excluding carboxylic acids is 4. The van der Waals surface area contributed by atoms with Crippen molar-refractivity contribution in [1.29, 1.82) is 0 Å². The zero-order valence-corrected chi connectivity index (χ0v) is 40.5. The molecule has 0 saturated carbocycles. The molecule has 2 fully saturated rings. The molecule has 13 heteroatoms. The molecule has 0 unspecified atom stereocenters. The second-order valence-corrected chi connectivity index (χ2v) is 19.3. The summed E-state index contributed by atoms with van der Waals surface area (Å²) in [6.45, 7) is 16.6. The highest BCUT2D eigenvalue weighted by Gasteiger charge is 2.45. The van der Waals surface area contributed by atoms with E-state index < -0.39 is 0 Å². The van der Waals surface area contributed by atoms with Gasteiger partial charge in [0.2, 0.25) is 11.8 Å². The van der Waals surface area contributed by atoms with Gasteiger partial charge in [-0.05, 0) is 133 Å². The van der Waals surface area contributed by atoms with Crippen molar-refractivity contribution in [3.05, 3.63) is 133 Å². The molecule has 0 bridgehead atoms. The molecule has 68 heavy (non-hydrogen) atoms. The number of likely N-dealkylation sites (tertiary alicyclic amines) is 2. The number of nitrogens with zero attached hydrogens (tertiary/aromatic N) is 5. The second kappa shape index (κ2) is 23.3. The predicted molar refractivity (Wildman–Crippen MR) is 275 cm³/mol. The van der Waals surface area contributed by atoms with Crippen molar-refractivity contribution < 1.29 is 19.2 Å². The van der Waals surface area contributed by atoms with Gasteiger partial charge in [-0.1, -0.05) is 54.6 Å². The summed E-state index contributed by atoms with van der Waals surface area (Å²) < 4.78 is 0. The van der Waals surface area contributed by atoms with Crippen molar-refractivity contribution >= 4 is 51.3 Å². The number of amides is 4. The monoisotopic (exact) mass is 922 g/mol. The molecule has 13 nitrogen and oxygen atoms in total. The van der Waals surface area contributed by atoms with Crippen LogP contribution < -0.4 is 10.6 Å². The Morgan fingerprint density at radius 2 is 1.24 bits per heavy atom. The molecule has 5 aromatic rings. The first-order valence-corrected chi connectivity index (χ1v) is 24.2. The minimum absolute atomic E-state index is 0.0382. The number of benzene rings is 3. The lowest BCUT2D eigenvalue weighted by Gasteiger charge is -2.47. The SMILES string of the molecule is C=C=O.C=CCN1C[C@H](C(=O)N(CCCN(C)C)C(=O)Nc2ccccc2)C[C@@H]2c3cccc4[nH]cc(c34)C[C@H]21.C=CCN1C[C@H](C(=O)NCCCN(C)C)C[C@@H]2c3cccc4[nH]cc(c34)C[C@H]21. The average molecular weight is 922 g/mol. The third-order valence-electron chi connectivity index (χ3n) is 14.2. The molecule has 4 aliphatic rings. The highest BCUT2D eigenvalue weighted by atomic mass is 16.2. The summed E-state index contributed by atoms with van der Waals surface area (Å²) in [7, 11) is 8.14. The fraction of sp³-hybridized carbons (Fsp3) is 0.436. The lowest BCUT2D eigenvalue weighted by atomic mass is 9.72. The number of nitrogens with one attached hydrogen (secondary N) is 4. The maximum absolute atomic E-state index is 14.1. The fourth-order valence-corrected chi connectivity index (χ4v) is 11.3. The molecular weight excluding hydrogens is 851 g/mol. The van der Waals surface area contributed by atoms with Gasteiger partial charge < -0.3 is 30.4 Å². The smallest absolute Gasteiger partial charge is 0.328 e. The number of hydrogen-bond acceptors (Lipinski definition) is 8. The molecule has 9 rings (SSSR count). The van der Waals surface area contributed by atoms with Gasteiger partial charge in [-0.3, -0.25) is 24.3 Å². The fourth-order valence-electron chi connectivity index (χ4n) is 11.3. The van der Waals surface area contributed by atoms with Gasteiger partial charge in [0, 0.05) is 103 Å². The molecular formula is C55H71N9O4. The quantitative estimate of drug-likeness (QED) is 0.0483. The van der Waals surface area contributed by atoms with Crippen LogP contribution in [0.25, 0.3) is 21.8 Å². The number of anilines is 1. The Morgan fingerprint density at radius 3 is 1.76 bits per heavy atom. The zero-order valence-electron chi connectivity index (χ0n) is 40.5. The van der Waals surface area contributed by atoms with E-state index in [4.69, 9.17) is 4.79 Å². The zero-order chi connectivity index (χ0) is 48.3. The second-order valence-electron chi connectivity index (χ2n) is 19.3. The van der Waals surface area contributed by atoms with Gasteiger partial charge in [0.25, 0.3) is 0 Å². The number of H-pyrrole nitrogens is 2. The Labute approximate surface area is 402 Å². The van der Waals surface area contributed by atoms with E-state index in [1.165, 1.54) is 49.4 Å². The predicted octanol–water partition coefficient (Wildman–Crippen LogP) is 7.45. The molecule has 2 saturated heterocycles. The number of aromatic nitrogens is 2. The first kappa shape index (κ1) is 49.8. The van der Waals surface area contributed by atoms with Crippen molar-refractivity contribution in [2.75, 3.05) is 85.9 Å². The van der Waals surface area contributed by atoms with Crippen LogP contribution in [0, 0.1) is 11.8 Å². The Balaban J connectivity index is 0.000000197. The molecule has 3 aromatic carbocycles. The Hall–Kier alpha value is -6.08. The van der Waals surface area contributed by atoms with Crippen LogP contribution in [0.3, 0.4) is 0 Å². The summed E-state index contributed by atoms with van der Waals surface area (Å²) in [4.78, 5) is 66.3. The molecule has 4 amide bonds. The third kappa shape index (κ3) is 11.4. The summed E-state index contributed by atoms with van der Waals surface area (Å²) in [5, 5.41) is 8.81. The molecule has 0 radical (unpaired) electrons. The van der Waals surface area contributed by atoms with Gasteiger partial charge in [0.1, 0.15) is 5.94 Å². The largest absolute Gasteiger partial charge is 0.361 e. The van der Waals surface area contributed by atoms with Crippen LogP contribution >= 0.6 is 0 Å². The molecule has 360 valence electrons. The van der Waals surface area contributed by atoms with Gasteiger partial charge in [0.05, 0.1) is 11.8 Å². The van der Waals surface area contributed by atoms with Crippen LogP contribution in [0.15, 0.2) is 111 Å². The molecule has 4 heterocycles. The minimum atomic E-state index is -0.356. The summed E-state index contributed by atoms with van der Waals surface area (Å²) >= 11 is 0. The molecule has 2 aromatic heterocycles. The highest BCUT2D eigenvalue weighted by Crippen LogP contribution is 2.46. The maximum Gasteiger partial charge on any atom is 0.328 e. The summed E-state index contributed by atoms with van der Waals surface area (Å²) in [5.41, 5.74) is 8.53. The van der Waals surface area contributed by atoms with Crippen LogP contribution in [0.4, 0.5) is 10.5 Å². The van der Waals surface area contributed by atoms with Crippen molar-refractivity contribution in [3.63, 3.8) is 0 Å². The van der Waals surface area contributed by atoms with E-state index in [2.05, 4.69) is 123 Å². The number of rotatable bonds is 15. The first-order chi connectivity index (χ1) is 33.0. The van der Waals surface area contributed by atoms with Crippen LogP contribution in [-0.2, 0) is 27.2 Å². The van der Waals surface area contributed by atoms with E-state index in [-0.39, 0.29) is 35.6 Å². The Kier molecular flexibility index (Phi) is 17.1. The molecule has 6 atom stereocenters. The van der Waals surface area contributed by atoms with Crippen LogP contribution in [-0.4, -0.2) is 151 Å². The van der Waals surface area contributed by atoms with Crippen molar-refractivity contribution in [3.8, 4) is 0 Å². The number of para-hydroxylation sites is 1. The lowest BCUT2D eigenvalue weighted by molar-refractivity contribution is -0.135. The van der Waals surface area contributed by atoms with E-state index in [1.807, 2.05) is 56.6 Å². The Bertz CT molecular complexity index is 2560. The number of aromatic amines is 2. The van der Waals surface area contributed by atoms with Crippen LogP contribution in [0.2, 0.25) is 0 Å². The van der Waals surface area contributed by atoms with Crippen LogP contribution in [0.1, 0.15) is 59.8 Å². The number of fused-ring (bicyclic) bond motifs is 4. The standard InChI is InChI=1S/C30H37N5O2.C23H32N4O.C2H2O/c1-4-14-34-20-22(17-25-24-12-8-13-26-28(24)21(19-31-26)18-27(25)34)29(36)35(16-9-15-33(2)3)30(37)32-23-10-6-5-7-11-23;1-4-10-27-15-17(23(28)24-9-6-11-26(2)3)12-19-18-7-5-8-20-22(18)16(14-25-20)13-21(19)27;1-2-3/h4-8,10-13,19,22,25,27,31H,1,9,14-18,20H2,2-3H3,(H,32,37);4-5,7-8,14,17,19,21,25H,1,6,9-13,15H2,2-3H3,(H,24,28);1H2/t22-,25-,27-;17-,19-,21-;/m11./s1. The number of imide groups is 1. The van der Waals surface area contributed by atoms with Gasteiger partial charge in [-0.2, -0.15) is 0 Å². The van der Waals surface area contributed by atoms with Gasteiger partial charge in [-0.15, -0.1) is 13.2 Å². The van der Waals surface area contributed by atoms with Gasteiger partial charge in [0.15, 0.2) is 0 Å². The molecule has 2 aliphatic carbocycles. The molecule has 2 aliphatic heterocycles. The maximum atomic E-state index is 14.1. The van der Waals surface area contributed by atoms with Crippen molar-refractivity contribution in [2.24, 2.45) is 11.8 Å². The number of carbonyl (C=O) groups is 3. The molecule has 0 spiro atoms.